The van der Waals surface area contributed by atoms with Crippen molar-refractivity contribution in [2.24, 2.45) is 0 Å². The van der Waals surface area contributed by atoms with E-state index in [2.05, 4.69) is 22.9 Å². The van der Waals surface area contributed by atoms with Gasteiger partial charge in [0, 0.05) is 23.5 Å². The average Bonchev–Trinajstić information content (AvgIpc) is 2.83. The molecule has 0 fully saturated rings. The summed E-state index contributed by atoms with van der Waals surface area (Å²) in [4.78, 5) is 24.5. The first-order valence-corrected chi connectivity index (χ1v) is 10.8. The Labute approximate surface area is 189 Å². The predicted octanol–water partition coefficient (Wildman–Crippen LogP) is 4.84. The van der Waals surface area contributed by atoms with E-state index in [1.165, 1.54) is 0 Å². The third-order valence-electron chi connectivity index (χ3n) is 4.95. The zero-order valence-electron chi connectivity index (χ0n) is 18.4. The van der Waals surface area contributed by atoms with Gasteiger partial charge in [0.2, 0.25) is 5.91 Å². The normalized spacial score (nSPS) is 11.3. The van der Waals surface area contributed by atoms with Crippen LogP contribution in [-0.2, 0) is 11.3 Å². The number of carbonyl (C=O) groups is 2. The molecule has 0 saturated carbocycles. The predicted molar refractivity (Wildman–Crippen MR) is 128 cm³/mol. The highest BCUT2D eigenvalue weighted by Gasteiger charge is 2.07. The van der Waals surface area contributed by atoms with Gasteiger partial charge in [-0.1, -0.05) is 37.3 Å². The Hall–Kier alpha value is -3.80. The molecule has 2 amide bonds. The lowest BCUT2D eigenvalue weighted by Crippen LogP contribution is -2.23. The summed E-state index contributed by atoms with van der Waals surface area (Å²) in [6.45, 7) is 4.68. The van der Waals surface area contributed by atoms with Crippen LogP contribution in [0.3, 0.4) is 0 Å². The summed E-state index contributed by atoms with van der Waals surface area (Å²) in [5.74, 6) is 0.479. The van der Waals surface area contributed by atoms with Gasteiger partial charge in [0.1, 0.15) is 5.75 Å². The number of hydrogen-bond donors (Lipinski definition) is 3. The lowest BCUT2D eigenvalue weighted by molar-refractivity contribution is -0.114. The highest BCUT2D eigenvalue weighted by atomic mass is 16.5. The van der Waals surface area contributed by atoms with Gasteiger partial charge in [0.05, 0.1) is 12.6 Å². The fourth-order valence-corrected chi connectivity index (χ4v) is 2.94. The van der Waals surface area contributed by atoms with E-state index >= 15 is 0 Å². The Bertz CT molecular complexity index is 1000. The number of amides is 2. The smallest absolute Gasteiger partial charge is 0.251 e. The molecular weight excluding hydrogens is 402 g/mol. The Morgan fingerprint density at radius 2 is 1.53 bits per heavy atom. The van der Waals surface area contributed by atoms with E-state index in [-0.39, 0.29) is 24.5 Å². The Morgan fingerprint density at radius 3 is 2.19 bits per heavy atom. The van der Waals surface area contributed by atoms with E-state index in [4.69, 9.17) is 4.74 Å². The van der Waals surface area contributed by atoms with Gasteiger partial charge in [-0.2, -0.15) is 0 Å². The largest absolute Gasteiger partial charge is 0.491 e. The van der Waals surface area contributed by atoms with Gasteiger partial charge in [-0.05, 0) is 67.4 Å². The van der Waals surface area contributed by atoms with Crippen molar-refractivity contribution in [3.8, 4) is 5.75 Å². The van der Waals surface area contributed by atoms with Crippen LogP contribution in [0.4, 0.5) is 11.4 Å². The van der Waals surface area contributed by atoms with Crippen LogP contribution in [0.2, 0.25) is 0 Å². The maximum atomic E-state index is 12.3. The van der Waals surface area contributed by atoms with Gasteiger partial charge in [0.25, 0.3) is 5.91 Å². The summed E-state index contributed by atoms with van der Waals surface area (Å²) in [6.07, 6.45) is 1.09. The standard InChI is InChI=1S/C26H29N3O3/c1-3-19(2)32-24-15-13-23(14-16-24)29-25(30)18-27-22-11-9-21(10-12-22)26(31)28-17-20-7-5-4-6-8-20/h4-16,19,27H,3,17-18H2,1-2H3,(H,28,31)(H,29,30). The van der Waals surface area contributed by atoms with E-state index in [0.717, 1.165) is 23.4 Å². The van der Waals surface area contributed by atoms with Crippen LogP contribution in [0.5, 0.6) is 5.75 Å². The second-order valence-electron chi connectivity index (χ2n) is 7.51. The van der Waals surface area contributed by atoms with Crippen molar-refractivity contribution in [3.63, 3.8) is 0 Å². The van der Waals surface area contributed by atoms with Gasteiger partial charge in [-0.25, -0.2) is 0 Å². The molecule has 1 atom stereocenters. The van der Waals surface area contributed by atoms with Crippen molar-refractivity contribution >= 4 is 23.2 Å². The minimum atomic E-state index is -0.162. The number of hydrogen-bond acceptors (Lipinski definition) is 4. The molecule has 0 aliphatic heterocycles. The SMILES string of the molecule is CCC(C)Oc1ccc(NC(=O)CNc2ccc(C(=O)NCc3ccccc3)cc2)cc1. The first kappa shape index (κ1) is 22.9. The molecule has 0 saturated heterocycles. The molecule has 0 bridgehead atoms. The molecule has 0 spiro atoms. The first-order chi connectivity index (χ1) is 15.5. The summed E-state index contributed by atoms with van der Waals surface area (Å²) >= 11 is 0. The quantitative estimate of drug-likeness (QED) is 0.429. The van der Waals surface area contributed by atoms with Crippen LogP contribution < -0.4 is 20.7 Å². The molecule has 32 heavy (non-hydrogen) atoms. The molecule has 166 valence electrons. The van der Waals surface area contributed by atoms with Gasteiger partial charge in [0.15, 0.2) is 0 Å². The molecule has 6 nitrogen and oxygen atoms in total. The topological polar surface area (TPSA) is 79.5 Å². The van der Waals surface area contributed by atoms with Gasteiger partial charge < -0.3 is 20.7 Å². The molecule has 1 unspecified atom stereocenters. The van der Waals surface area contributed by atoms with Crippen LogP contribution in [0.15, 0.2) is 78.9 Å². The van der Waals surface area contributed by atoms with Crippen LogP contribution in [0, 0.1) is 0 Å². The summed E-state index contributed by atoms with van der Waals surface area (Å²) in [5, 5.41) is 8.81. The minimum Gasteiger partial charge on any atom is -0.491 e. The first-order valence-electron chi connectivity index (χ1n) is 10.8. The third kappa shape index (κ3) is 7.16. The van der Waals surface area contributed by atoms with Crippen molar-refractivity contribution in [1.29, 1.82) is 0 Å². The maximum Gasteiger partial charge on any atom is 0.251 e. The number of rotatable bonds is 10. The lowest BCUT2D eigenvalue weighted by Gasteiger charge is -2.13. The molecule has 0 aromatic heterocycles. The number of nitrogens with one attached hydrogen (secondary N) is 3. The summed E-state index contributed by atoms with van der Waals surface area (Å²) in [6, 6.07) is 24.1. The Morgan fingerprint density at radius 1 is 0.875 bits per heavy atom. The molecule has 3 aromatic carbocycles. The molecule has 3 N–H and O–H groups in total. The average molecular weight is 432 g/mol. The van der Waals surface area contributed by atoms with Crippen molar-refractivity contribution in [3.05, 3.63) is 90.0 Å². The Kier molecular flexibility index (Phi) is 8.26. The zero-order chi connectivity index (χ0) is 22.8. The van der Waals surface area contributed by atoms with Crippen LogP contribution in [-0.4, -0.2) is 24.5 Å². The van der Waals surface area contributed by atoms with E-state index in [1.54, 1.807) is 24.3 Å². The fourth-order valence-electron chi connectivity index (χ4n) is 2.94. The second kappa shape index (κ2) is 11.6. The van der Waals surface area contributed by atoms with E-state index in [0.29, 0.717) is 17.8 Å². The fraction of sp³-hybridized carbons (Fsp3) is 0.231. The van der Waals surface area contributed by atoms with Gasteiger partial charge in [-0.15, -0.1) is 0 Å². The number of anilines is 2. The number of carbonyl (C=O) groups excluding carboxylic acids is 2. The van der Waals surface area contributed by atoms with Crippen molar-refractivity contribution in [1.82, 2.24) is 5.32 Å². The van der Waals surface area contributed by atoms with E-state index < -0.39 is 0 Å². The summed E-state index contributed by atoms with van der Waals surface area (Å²) in [7, 11) is 0. The van der Waals surface area contributed by atoms with E-state index in [1.807, 2.05) is 61.5 Å². The maximum absolute atomic E-state index is 12.3. The third-order valence-corrected chi connectivity index (χ3v) is 4.95. The minimum absolute atomic E-state index is 0.116. The molecule has 0 aliphatic carbocycles. The second-order valence-corrected chi connectivity index (χ2v) is 7.51. The van der Waals surface area contributed by atoms with Crippen LogP contribution in [0.25, 0.3) is 0 Å². The molecule has 0 heterocycles. The Balaban J connectivity index is 1.43. The van der Waals surface area contributed by atoms with Crippen molar-refractivity contribution in [2.75, 3.05) is 17.2 Å². The highest BCUT2D eigenvalue weighted by Crippen LogP contribution is 2.18. The summed E-state index contributed by atoms with van der Waals surface area (Å²) < 4.78 is 5.74. The zero-order valence-corrected chi connectivity index (χ0v) is 18.4. The molecular formula is C26H29N3O3. The van der Waals surface area contributed by atoms with Crippen molar-refractivity contribution < 1.29 is 14.3 Å². The summed E-state index contributed by atoms with van der Waals surface area (Å²) in [5.41, 5.74) is 3.08. The van der Waals surface area contributed by atoms with Gasteiger partial charge in [-0.3, -0.25) is 9.59 Å². The van der Waals surface area contributed by atoms with Gasteiger partial charge >= 0.3 is 0 Å². The molecule has 6 heteroatoms. The number of ether oxygens (including phenoxy) is 1. The molecule has 0 radical (unpaired) electrons. The highest BCUT2D eigenvalue weighted by molar-refractivity contribution is 5.95. The molecule has 0 aliphatic rings. The number of benzene rings is 3. The van der Waals surface area contributed by atoms with Crippen LogP contribution in [0.1, 0.15) is 36.2 Å². The molecule has 3 aromatic rings. The monoisotopic (exact) mass is 431 g/mol. The lowest BCUT2D eigenvalue weighted by atomic mass is 10.1. The van der Waals surface area contributed by atoms with E-state index in [9.17, 15) is 9.59 Å². The van der Waals surface area contributed by atoms with Crippen molar-refractivity contribution in [2.45, 2.75) is 32.9 Å². The van der Waals surface area contributed by atoms with Crippen LogP contribution >= 0.6 is 0 Å². The molecule has 3 rings (SSSR count).